The minimum Gasteiger partial charge on any atom is -0.497 e. The molecule has 2 aliphatic rings. The summed E-state index contributed by atoms with van der Waals surface area (Å²) in [5, 5.41) is 0.664. The van der Waals surface area contributed by atoms with E-state index in [0.29, 0.717) is 50.0 Å². The van der Waals surface area contributed by atoms with E-state index in [-0.39, 0.29) is 22.8 Å². The maximum atomic E-state index is 13.8. The second kappa shape index (κ2) is 10.7. The summed E-state index contributed by atoms with van der Waals surface area (Å²) in [5.74, 6) is 0.323. The third kappa shape index (κ3) is 5.31. The topological polar surface area (TPSA) is 89.0 Å². The predicted molar refractivity (Wildman–Crippen MR) is 143 cm³/mol. The standard InChI is InChI=1S/C25H28BrN3O5S2/c1-33-19-5-7-21(8-6-19)36(31,32)28-12-10-17(11-13-28)24(30)29(16-20-3-2-14-34-20)25-27-22-9-4-18(26)15-23(22)35-25/h4-9,15,17,20H,2-3,10-14,16H2,1H3. The lowest BCUT2D eigenvalue weighted by molar-refractivity contribution is -0.123. The number of hydrogen-bond donors (Lipinski definition) is 0. The number of hydrogen-bond acceptors (Lipinski definition) is 7. The molecule has 2 aliphatic heterocycles. The number of halogens is 1. The van der Waals surface area contributed by atoms with Crippen LogP contribution in [0.3, 0.4) is 0 Å². The molecule has 192 valence electrons. The van der Waals surface area contributed by atoms with E-state index in [1.165, 1.54) is 15.6 Å². The van der Waals surface area contributed by atoms with Gasteiger partial charge in [-0.3, -0.25) is 9.69 Å². The first-order valence-corrected chi connectivity index (χ1v) is 15.0. The van der Waals surface area contributed by atoms with E-state index in [9.17, 15) is 13.2 Å². The molecule has 5 rings (SSSR count). The molecule has 1 unspecified atom stereocenters. The van der Waals surface area contributed by atoms with Crippen LogP contribution in [0, 0.1) is 5.92 Å². The van der Waals surface area contributed by atoms with Gasteiger partial charge in [0.1, 0.15) is 5.75 Å². The number of piperidine rings is 1. The largest absolute Gasteiger partial charge is 0.497 e. The van der Waals surface area contributed by atoms with Gasteiger partial charge in [-0.05, 0) is 68.1 Å². The van der Waals surface area contributed by atoms with Crippen LogP contribution < -0.4 is 9.64 Å². The number of thiazole rings is 1. The van der Waals surface area contributed by atoms with Crippen LogP contribution in [0.15, 0.2) is 51.8 Å². The first-order chi connectivity index (χ1) is 17.3. The number of sulfonamides is 1. The number of anilines is 1. The van der Waals surface area contributed by atoms with Crippen molar-refractivity contribution in [2.75, 3.05) is 38.3 Å². The van der Waals surface area contributed by atoms with Gasteiger partial charge in [0.2, 0.25) is 15.9 Å². The van der Waals surface area contributed by atoms with Crippen LogP contribution in [0.4, 0.5) is 5.13 Å². The molecule has 2 aromatic carbocycles. The average molecular weight is 595 g/mol. The molecule has 0 spiro atoms. The van der Waals surface area contributed by atoms with Gasteiger partial charge in [0.25, 0.3) is 0 Å². The predicted octanol–water partition coefficient (Wildman–Crippen LogP) is 4.68. The van der Waals surface area contributed by atoms with E-state index in [1.54, 1.807) is 36.3 Å². The lowest BCUT2D eigenvalue weighted by atomic mass is 9.96. The lowest BCUT2D eigenvalue weighted by Gasteiger charge is -2.33. The molecule has 1 aromatic heterocycles. The molecule has 0 aliphatic carbocycles. The Kier molecular flexibility index (Phi) is 7.64. The quantitative estimate of drug-likeness (QED) is 0.395. The molecule has 3 heterocycles. The zero-order valence-corrected chi connectivity index (χ0v) is 23.1. The molecule has 0 bridgehead atoms. The Morgan fingerprint density at radius 1 is 1.19 bits per heavy atom. The van der Waals surface area contributed by atoms with Crippen LogP contribution in [0.1, 0.15) is 25.7 Å². The number of amides is 1. The van der Waals surface area contributed by atoms with E-state index in [2.05, 4.69) is 15.9 Å². The van der Waals surface area contributed by atoms with E-state index in [1.807, 2.05) is 18.2 Å². The van der Waals surface area contributed by atoms with Crippen molar-refractivity contribution < 1.29 is 22.7 Å². The van der Waals surface area contributed by atoms with Crippen LogP contribution >= 0.6 is 27.3 Å². The summed E-state index contributed by atoms with van der Waals surface area (Å²) >= 11 is 5.00. The Hall–Kier alpha value is -2.05. The summed E-state index contributed by atoms with van der Waals surface area (Å²) in [7, 11) is -2.09. The van der Waals surface area contributed by atoms with Gasteiger partial charge in [0.05, 0.1) is 34.9 Å². The number of carbonyl (C=O) groups excluding carboxylic acids is 1. The van der Waals surface area contributed by atoms with Gasteiger partial charge in [-0.2, -0.15) is 4.31 Å². The Bertz CT molecular complexity index is 1330. The Balaban J connectivity index is 1.32. The summed E-state index contributed by atoms with van der Waals surface area (Å²) in [5.41, 5.74) is 0.851. The second-order valence-corrected chi connectivity index (χ2v) is 12.9. The smallest absolute Gasteiger partial charge is 0.243 e. The van der Waals surface area contributed by atoms with Crippen molar-refractivity contribution in [3.8, 4) is 5.75 Å². The van der Waals surface area contributed by atoms with Gasteiger partial charge in [-0.15, -0.1) is 0 Å². The minimum absolute atomic E-state index is 0.00915. The molecule has 2 saturated heterocycles. The van der Waals surface area contributed by atoms with Gasteiger partial charge in [-0.25, -0.2) is 13.4 Å². The Morgan fingerprint density at radius 2 is 1.94 bits per heavy atom. The van der Waals surface area contributed by atoms with Crippen molar-refractivity contribution in [2.45, 2.75) is 36.7 Å². The summed E-state index contributed by atoms with van der Waals surface area (Å²) in [6.07, 6.45) is 2.82. The first-order valence-electron chi connectivity index (χ1n) is 12.0. The molecule has 0 N–H and O–H groups in total. The molecule has 1 amide bonds. The molecule has 0 saturated carbocycles. The Morgan fingerprint density at radius 3 is 2.61 bits per heavy atom. The van der Waals surface area contributed by atoms with Crippen molar-refractivity contribution in [3.63, 3.8) is 0 Å². The molecule has 2 fully saturated rings. The molecule has 11 heteroatoms. The van der Waals surface area contributed by atoms with Crippen LogP contribution in [0.2, 0.25) is 0 Å². The van der Waals surface area contributed by atoms with Gasteiger partial charge < -0.3 is 9.47 Å². The van der Waals surface area contributed by atoms with Crippen LogP contribution in [0.5, 0.6) is 5.75 Å². The van der Waals surface area contributed by atoms with Crippen molar-refractivity contribution in [1.82, 2.24) is 9.29 Å². The molecular formula is C25H28BrN3O5S2. The summed E-state index contributed by atoms with van der Waals surface area (Å²) in [6.45, 7) is 1.77. The second-order valence-electron chi connectivity index (χ2n) is 9.05. The SMILES string of the molecule is COc1ccc(S(=O)(=O)N2CCC(C(=O)N(CC3CCCO3)c3nc4ccc(Br)cc4s3)CC2)cc1. The number of aromatic nitrogens is 1. The van der Waals surface area contributed by atoms with Crippen molar-refractivity contribution in [3.05, 3.63) is 46.9 Å². The number of fused-ring (bicyclic) bond motifs is 1. The summed E-state index contributed by atoms with van der Waals surface area (Å²) in [6, 6.07) is 12.3. The normalized spacial score (nSPS) is 19.6. The molecule has 36 heavy (non-hydrogen) atoms. The van der Waals surface area contributed by atoms with E-state index < -0.39 is 10.0 Å². The molecule has 8 nitrogen and oxygen atoms in total. The molecule has 0 radical (unpaired) electrons. The average Bonchev–Trinajstić information content (AvgIpc) is 3.56. The maximum absolute atomic E-state index is 13.8. The minimum atomic E-state index is -3.63. The highest BCUT2D eigenvalue weighted by Gasteiger charge is 2.36. The fraction of sp³-hybridized carbons (Fsp3) is 0.440. The fourth-order valence-corrected chi connectivity index (χ4v) is 7.72. The van der Waals surface area contributed by atoms with E-state index >= 15 is 0 Å². The molecule has 3 aromatic rings. The van der Waals surface area contributed by atoms with Crippen LogP contribution in [-0.2, 0) is 19.6 Å². The van der Waals surface area contributed by atoms with Gasteiger partial charge in [0.15, 0.2) is 5.13 Å². The number of ether oxygens (including phenoxy) is 2. The summed E-state index contributed by atoms with van der Waals surface area (Å²) < 4.78 is 40.7. The lowest BCUT2D eigenvalue weighted by Crippen LogP contribution is -2.46. The van der Waals surface area contributed by atoms with Crippen molar-refractivity contribution in [2.24, 2.45) is 5.92 Å². The Labute approximate surface area is 223 Å². The zero-order chi connectivity index (χ0) is 25.3. The third-order valence-electron chi connectivity index (χ3n) is 6.75. The van der Waals surface area contributed by atoms with Crippen LogP contribution in [0.25, 0.3) is 10.2 Å². The van der Waals surface area contributed by atoms with Gasteiger partial charge in [-0.1, -0.05) is 27.3 Å². The number of rotatable bonds is 7. The number of nitrogens with zero attached hydrogens (tertiary/aromatic N) is 3. The van der Waals surface area contributed by atoms with Gasteiger partial charge in [0, 0.05) is 30.1 Å². The maximum Gasteiger partial charge on any atom is 0.243 e. The zero-order valence-electron chi connectivity index (χ0n) is 19.9. The third-order valence-corrected chi connectivity index (χ3v) is 10.2. The fourth-order valence-electron chi connectivity index (χ4n) is 4.72. The monoisotopic (exact) mass is 593 g/mol. The van der Waals surface area contributed by atoms with Crippen LogP contribution in [-0.4, -0.2) is 63.1 Å². The van der Waals surface area contributed by atoms with E-state index in [4.69, 9.17) is 14.5 Å². The molecule has 1 atom stereocenters. The summed E-state index contributed by atoms with van der Waals surface area (Å²) in [4.78, 5) is 20.5. The first kappa shape index (κ1) is 25.6. The number of carbonyl (C=O) groups is 1. The van der Waals surface area contributed by atoms with Crippen molar-refractivity contribution in [1.29, 1.82) is 0 Å². The number of benzene rings is 2. The number of methoxy groups -OCH3 is 1. The van der Waals surface area contributed by atoms with E-state index in [0.717, 1.165) is 27.5 Å². The molecular weight excluding hydrogens is 566 g/mol. The highest BCUT2D eigenvalue weighted by molar-refractivity contribution is 9.10. The van der Waals surface area contributed by atoms with Gasteiger partial charge >= 0.3 is 0 Å². The van der Waals surface area contributed by atoms with Crippen molar-refractivity contribution >= 4 is 58.5 Å². The highest BCUT2D eigenvalue weighted by Crippen LogP contribution is 2.34. The highest BCUT2D eigenvalue weighted by atomic mass is 79.9.